The summed E-state index contributed by atoms with van der Waals surface area (Å²) in [6.07, 6.45) is -4.22. The largest absolute Gasteiger partial charge is 0.388 e. The Labute approximate surface area is 195 Å². The number of rotatable bonds is 7. The Morgan fingerprint density at radius 1 is 0.970 bits per heavy atom. The fourth-order valence-corrected chi connectivity index (χ4v) is 5.04. The summed E-state index contributed by atoms with van der Waals surface area (Å²) in [4.78, 5) is 0. The number of likely N-dealkylation sites (N-methyl/N-ethyl adjacent to an activating group) is 2. The van der Waals surface area contributed by atoms with Gasteiger partial charge in [0.15, 0.2) is 12.6 Å². The summed E-state index contributed by atoms with van der Waals surface area (Å²) in [5.41, 5.74) is 17.5. The molecule has 3 rings (SSSR count). The number of hydrogen-bond donors (Lipinski definition) is 8. The highest BCUT2D eigenvalue weighted by molar-refractivity contribution is 5.02. The Morgan fingerprint density at radius 3 is 2.15 bits per heavy atom. The van der Waals surface area contributed by atoms with Gasteiger partial charge in [-0.25, -0.2) is 0 Å². The molecule has 1 saturated carbocycles. The highest BCUT2D eigenvalue weighted by Gasteiger charge is 2.50. The van der Waals surface area contributed by atoms with Crippen molar-refractivity contribution in [2.45, 2.75) is 112 Å². The SMILES string of the molecule is CNC1C(O)C(O[C@@H]2[C@@H](O)[C@H](O[C@H]3O[C@H]([C@@H](C)NC)CC[C@H]3N)[C@@H](N)C[C@H]2N)OCC1(C)O. The van der Waals surface area contributed by atoms with Gasteiger partial charge in [-0.2, -0.15) is 0 Å². The van der Waals surface area contributed by atoms with E-state index in [2.05, 4.69) is 10.6 Å². The molecule has 2 heterocycles. The molecule has 0 radical (unpaired) electrons. The van der Waals surface area contributed by atoms with Gasteiger partial charge in [0.2, 0.25) is 0 Å². The lowest BCUT2D eigenvalue weighted by molar-refractivity contribution is -0.307. The van der Waals surface area contributed by atoms with Gasteiger partial charge in [-0.1, -0.05) is 0 Å². The second-order valence-corrected chi connectivity index (χ2v) is 9.91. The molecule has 33 heavy (non-hydrogen) atoms. The van der Waals surface area contributed by atoms with Crippen molar-refractivity contribution in [3.8, 4) is 0 Å². The molecule has 0 aromatic rings. The van der Waals surface area contributed by atoms with Crippen molar-refractivity contribution in [3.05, 3.63) is 0 Å². The number of aliphatic hydroxyl groups is 3. The second-order valence-electron chi connectivity index (χ2n) is 9.91. The molecule has 12 nitrogen and oxygen atoms in total. The van der Waals surface area contributed by atoms with Crippen molar-refractivity contribution in [2.24, 2.45) is 17.2 Å². The van der Waals surface area contributed by atoms with Gasteiger partial charge in [-0.05, 0) is 47.2 Å². The molecule has 4 unspecified atom stereocenters. The Kier molecular flexibility index (Phi) is 9.09. The zero-order valence-corrected chi connectivity index (χ0v) is 20.0. The molecule has 3 fully saturated rings. The Hall–Kier alpha value is -0.480. The molecule has 0 spiro atoms. The molecule has 194 valence electrons. The van der Waals surface area contributed by atoms with Gasteiger partial charge >= 0.3 is 0 Å². The minimum Gasteiger partial charge on any atom is -0.388 e. The standard InChI is InChI=1S/C21H43N5O7/c1-9(25-3)13-6-5-10(22)19(31-13)32-16-11(23)7-12(24)17(14(16)27)33-20-15(28)18(26-4)21(2,29)8-30-20/h9-20,25-29H,5-8,22-24H2,1-4H3/t9-,10-,11+,12-,13+,14+,15?,16-,17+,18?,19-,20?,21?/m1/s1. The predicted molar refractivity (Wildman–Crippen MR) is 120 cm³/mol. The smallest absolute Gasteiger partial charge is 0.185 e. The fourth-order valence-electron chi connectivity index (χ4n) is 5.04. The molecule has 0 amide bonds. The van der Waals surface area contributed by atoms with Crippen LogP contribution in [-0.2, 0) is 18.9 Å². The van der Waals surface area contributed by atoms with E-state index >= 15 is 0 Å². The third kappa shape index (κ3) is 5.85. The summed E-state index contributed by atoms with van der Waals surface area (Å²) in [5.74, 6) is 0. The molecule has 0 aromatic carbocycles. The van der Waals surface area contributed by atoms with Gasteiger partial charge in [0.1, 0.15) is 30.0 Å². The van der Waals surface area contributed by atoms with Gasteiger partial charge in [-0.15, -0.1) is 0 Å². The Morgan fingerprint density at radius 2 is 1.58 bits per heavy atom. The van der Waals surface area contributed by atoms with Crippen LogP contribution in [0.15, 0.2) is 0 Å². The Balaban J connectivity index is 1.68. The third-order valence-corrected chi connectivity index (χ3v) is 7.24. The van der Waals surface area contributed by atoms with Gasteiger partial charge in [-0.3, -0.25) is 0 Å². The van der Waals surface area contributed by atoms with E-state index in [1.807, 2.05) is 14.0 Å². The van der Waals surface area contributed by atoms with Crippen LogP contribution in [0.3, 0.4) is 0 Å². The summed E-state index contributed by atoms with van der Waals surface area (Å²) < 4.78 is 23.7. The van der Waals surface area contributed by atoms with Crippen LogP contribution in [0.2, 0.25) is 0 Å². The van der Waals surface area contributed by atoms with Crippen molar-refractivity contribution in [1.29, 1.82) is 0 Å². The van der Waals surface area contributed by atoms with Gasteiger partial charge in [0.05, 0.1) is 24.8 Å². The minimum atomic E-state index is -1.29. The number of hydrogen-bond acceptors (Lipinski definition) is 12. The highest BCUT2D eigenvalue weighted by Crippen LogP contribution is 2.31. The normalized spacial score (nSPS) is 50.2. The molecule has 11 N–H and O–H groups in total. The lowest BCUT2D eigenvalue weighted by Gasteiger charge is -2.48. The van der Waals surface area contributed by atoms with Gasteiger partial charge in [0, 0.05) is 18.1 Å². The fraction of sp³-hybridized carbons (Fsp3) is 1.00. The van der Waals surface area contributed by atoms with E-state index in [-0.39, 0.29) is 24.8 Å². The summed E-state index contributed by atoms with van der Waals surface area (Å²) in [5, 5.41) is 38.3. The first-order chi connectivity index (χ1) is 15.5. The summed E-state index contributed by atoms with van der Waals surface area (Å²) in [6.45, 7) is 3.52. The Bertz CT molecular complexity index is 632. The predicted octanol–water partition coefficient (Wildman–Crippen LogP) is -3.33. The van der Waals surface area contributed by atoms with Crippen molar-refractivity contribution in [3.63, 3.8) is 0 Å². The number of nitrogens with two attached hydrogens (primary N) is 3. The molecule has 2 saturated heterocycles. The zero-order chi connectivity index (χ0) is 24.5. The number of ether oxygens (including phenoxy) is 4. The summed E-state index contributed by atoms with van der Waals surface area (Å²) in [6, 6.07) is -2.11. The van der Waals surface area contributed by atoms with Crippen molar-refractivity contribution in [1.82, 2.24) is 10.6 Å². The summed E-state index contributed by atoms with van der Waals surface area (Å²) in [7, 11) is 3.49. The van der Waals surface area contributed by atoms with Crippen LogP contribution in [0.25, 0.3) is 0 Å². The maximum atomic E-state index is 11.1. The highest BCUT2D eigenvalue weighted by atomic mass is 16.7. The molecule has 3 aliphatic rings. The first-order valence-corrected chi connectivity index (χ1v) is 11.8. The van der Waals surface area contributed by atoms with Crippen LogP contribution in [-0.4, -0.2) is 115 Å². The van der Waals surface area contributed by atoms with E-state index in [1.165, 1.54) is 0 Å². The first kappa shape index (κ1) is 27.1. The maximum absolute atomic E-state index is 11.1. The summed E-state index contributed by atoms with van der Waals surface area (Å²) >= 11 is 0. The van der Waals surface area contributed by atoms with Crippen LogP contribution in [0.4, 0.5) is 0 Å². The van der Waals surface area contributed by atoms with E-state index in [9.17, 15) is 15.3 Å². The molecule has 1 aliphatic carbocycles. The maximum Gasteiger partial charge on any atom is 0.185 e. The van der Waals surface area contributed by atoms with E-state index in [1.54, 1.807) is 14.0 Å². The molecule has 13 atom stereocenters. The molecule has 12 heteroatoms. The van der Waals surface area contributed by atoms with Crippen molar-refractivity contribution >= 4 is 0 Å². The average molecular weight is 478 g/mol. The number of aliphatic hydroxyl groups excluding tert-OH is 2. The first-order valence-electron chi connectivity index (χ1n) is 11.8. The van der Waals surface area contributed by atoms with E-state index in [0.717, 1.165) is 6.42 Å². The van der Waals surface area contributed by atoms with Crippen molar-refractivity contribution in [2.75, 3.05) is 20.7 Å². The number of nitrogens with one attached hydrogen (secondary N) is 2. The third-order valence-electron chi connectivity index (χ3n) is 7.24. The lowest BCUT2D eigenvalue weighted by Crippen LogP contribution is -2.68. The van der Waals surface area contributed by atoms with E-state index in [0.29, 0.717) is 12.8 Å². The van der Waals surface area contributed by atoms with Gasteiger partial charge < -0.3 is 62.1 Å². The minimum absolute atomic E-state index is 0.0620. The van der Waals surface area contributed by atoms with Crippen LogP contribution in [0.5, 0.6) is 0 Å². The van der Waals surface area contributed by atoms with Crippen LogP contribution in [0, 0.1) is 0 Å². The van der Waals surface area contributed by atoms with E-state index in [4.69, 9.17) is 36.1 Å². The van der Waals surface area contributed by atoms with Crippen LogP contribution in [0.1, 0.15) is 33.1 Å². The monoisotopic (exact) mass is 477 g/mol. The van der Waals surface area contributed by atoms with Crippen LogP contribution < -0.4 is 27.8 Å². The van der Waals surface area contributed by atoms with Gasteiger partial charge in [0.25, 0.3) is 0 Å². The zero-order valence-electron chi connectivity index (χ0n) is 20.0. The van der Waals surface area contributed by atoms with Crippen LogP contribution >= 0.6 is 0 Å². The van der Waals surface area contributed by atoms with E-state index < -0.39 is 60.7 Å². The van der Waals surface area contributed by atoms with Crippen molar-refractivity contribution < 1.29 is 34.3 Å². The quantitative estimate of drug-likeness (QED) is 0.182. The molecule has 0 bridgehead atoms. The molecule has 2 aliphatic heterocycles. The topological polar surface area (TPSA) is 200 Å². The molecular weight excluding hydrogens is 434 g/mol. The molecule has 0 aromatic heterocycles. The lowest BCUT2D eigenvalue weighted by atomic mass is 9.84. The molecular formula is C21H43N5O7. The average Bonchev–Trinajstić information content (AvgIpc) is 2.76. The second kappa shape index (κ2) is 11.1.